The van der Waals surface area contributed by atoms with Gasteiger partial charge in [-0.1, -0.05) is 0 Å². The number of rotatable bonds is 3. The lowest BCUT2D eigenvalue weighted by Crippen LogP contribution is -2.35. The Morgan fingerprint density at radius 2 is 2.33 bits per heavy atom. The van der Waals surface area contributed by atoms with Gasteiger partial charge in [0.1, 0.15) is 17.2 Å². The van der Waals surface area contributed by atoms with Crippen molar-refractivity contribution in [2.45, 2.75) is 36.4 Å². The second-order valence-electron chi connectivity index (χ2n) is 3.79. The summed E-state index contributed by atoms with van der Waals surface area (Å²) in [6.07, 6.45) is 7.05. The Morgan fingerprint density at radius 3 is 3.00 bits per heavy atom. The third kappa shape index (κ3) is 2.60. The third-order valence-electron chi connectivity index (χ3n) is 2.75. The zero-order chi connectivity index (χ0) is 10.7. The van der Waals surface area contributed by atoms with Gasteiger partial charge in [-0.15, -0.1) is 11.8 Å². The van der Waals surface area contributed by atoms with Crippen LogP contribution in [0.4, 0.5) is 5.82 Å². The minimum Gasteiger partial charge on any atom is -0.366 e. The van der Waals surface area contributed by atoms with Crippen LogP contribution in [0.15, 0.2) is 17.4 Å². The minimum absolute atomic E-state index is 0.262. The van der Waals surface area contributed by atoms with Crippen molar-refractivity contribution in [3.8, 4) is 0 Å². The predicted octanol–water partition coefficient (Wildman–Crippen LogP) is 1.49. The van der Waals surface area contributed by atoms with E-state index in [1.54, 1.807) is 18.1 Å². The van der Waals surface area contributed by atoms with Crippen molar-refractivity contribution in [1.29, 1.82) is 0 Å². The number of thioether (sulfide) groups is 1. The molecule has 82 valence electrons. The molecule has 5 heteroatoms. The molecule has 0 bridgehead atoms. The van der Waals surface area contributed by atoms with Crippen molar-refractivity contribution >= 4 is 17.6 Å². The monoisotopic (exact) mass is 224 g/mol. The van der Waals surface area contributed by atoms with Crippen molar-refractivity contribution in [3.63, 3.8) is 0 Å². The van der Waals surface area contributed by atoms with Crippen LogP contribution in [0.25, 0.3) is 0 Å². The molecule has 0 aromatic carbocycles. The second-order valence-corrected chi connectivity index (χ2v) is 4.62. The molecule has 1 aromatic rings. The molecular formula is C10H16N4S. The Balaban J connectivity index is 2.03. The van der Waals surface area contributed by atoms with E-state index >= 15 is 0 Å². The molecule has 15 heavy (non-hydrogen) atoms. The van der Waals surface area contributed by atoms with Crippen molar-refractivity contribution in [2.75, 3.05) is 11.6 Å². The fourth-order valence-electron chi connectivity index (χ4n) is 1.89. The number of hydrogen-bond donors (Lipinski definition) is 2. The first-order valence-corrected chi connectivity index (χ1v) is 6.40. The molecular weight excluding hydrogens is 208 g/mol. The van der Waals surface area contributed by atoms with Gasteiger partial charge in [-0.3, -0.25) is 0 Å². The maximum atomic E-state index is 5.99. The van der Waals surface area contributed by atoms with E-state index in [0.717, 1.165) is 23.7 Å². The Bertz CT molecular complexity index is 331. The molecule has 2 atom stereocenters. The van der Waals surface area contributed by atoms with Crippen LogP contribution < -0.4 is 11.1 Å². The quantitative estimate of drug-likeness (QED) is 0.601. The van der Waals surface area contributed by atoms with E-state index in [0.29, 0.717) is 6.04 Å². The summed E-state index contributed by atoms with van der Waals surface area (Å²) in [5, 5.41) is 4.36. The Hall–Kier alpha value is -0.810. The van der Waals surface area contributed by atoms with Gasteiger partial charge in [-0.05, 0) is 25.5 Å². The lowest BCUT2D eigenvalue weighted by atomic mass is 10.2. The maximum Gasteiger partial charge on any atom is 0.130 e. The first-order chi connectivity index (χ1) is 7.29. The number of nitrogens with one attached hydrogen (secondary N) is 1. The summed E-state index contributed by atoms with van der Waals surface area (Å²) < 4.78 is 0. The van der Waals surface area contributed by atoms with Gasteiger partial charge in [0.25, 0.3) is 0 Å². The number of anilines is 1. The van der Waals surface area contributed by atoms with Gasteiger partial charge < -0.3 is 11.1 Å². The van der Waals surface area contributed by atoms with Gasteiger partial charge in [0.2, 0.25) is 0 Å². The van der Waals surface area contributed by atoms with E-state index in [2.05, 4.69) is 15.3 Å². The second kappa shape index (κ2) is 4.81. The molecule has 1 heterocycles. The molecule has 0 radical (unpaired) electrons. The highest BCUT2D eigenvalue weighted by atomic mass is 32.2. The van der Waals surface area contributed by atoms with Crippen molar-refractivity contribution in [2.24, 2.45) is 5.73 Å². The Morgan fingerprint density at radius 1 is 1.47 bits per heavy atom. The fraction of sp³-hybridized carbons (Fsp3) is 0.600. The number of nitrogens with two attached hydrogens (primary N) is 1. The summed E-state index contributed by atoms with van der Waals surface area (Å²) in [5.41, 5.74) is 5.99. The van der Waals surface area contributed by atoms with Crippen molar-refractivity contribution in [1.82, 2.24) is 9.97 Å². The summed E-state index contributed by atoms with van der Waals surface area (Å²) in [4.78, 5) is 8.33. The molecule has 1 aliphatic rings. The highest BCUT2D eigenvalue weighted by Crippen LogP contribution is 2.21. The van der Waals surface area contributed by atoms with Gasteiger partial charge in [-0.25, -0.2) is 9.97 Å². The zero-order valence-corrected chi connectivity index (χ0v) is 9.63. The van der Waals surface area contributed by atoms with Crippen LogP contribution in [0, 0.1) is 0 Å². The fourth-order valence-corrected chi connectivity index (χ4v) is 2.27. The standard InChI is InChI=1S/C10H16N4S/c1-15-10-5-9(12-6-13-10)14-8-4-2-3-7(8)11/h5-8H,2-4,11H2,1H3,(H,12,13,14). The maximum absolute atomic E-state index is 5.99. The van der Waals surface area contributed by atoms with Crippen LogP contribution in [0.5, 0.6) is 0 Å². The Kier molecular flexibility index (Phi) is 3.43. The van der Waals surface area contributed by atoms with E-state index < -0.39 is 0 Å². The normalized spacial score (nSPS) is 25.5. The Labute approximate surface area is 94.1 Å². The van der Waals surface area contributed by atoms with Gasteiger partial charge >= 0.3 is 0 Å². The highest BCUT2D eigenvalue weighted by Gasteiger charge is 2.23. The van der Waals surface area contributed by atoms with Gasteiger partial charge in [0, 0.05) is 18.2 Å². The SMILES string of the molecule is CSc1cc(NC2CCCC2N)ncn1. The molecule has 1 aromatic heterocycles. The molecule has 0 spiro atoms. The van der Waals surface area contributed by atoms with E-state index in [4.69, 9.17) is 5.73 Å². The van der Waals surface area contributed by atoms with Crippen molar-refractivity contribution in [3.05, 3.63) is 12.4 Å². The summed E-state index contributed by atoms with van der Waals surface area (Å²) in [6, 6.07) is 2.60. The topological polar surface area (TPSA) is 63.8 Å². The average molecular weight is 224 g/mol. The van der Waals surface area contributed by atoms with Gasteiger partial charge in [0.15, 0.2) is 0 Å². The van der Waals surface area contributed by atoms with Crippen LogP contribution in [0.1, 0.15) is 19.3 Å². The minimum atomic E-state index is 0.262. The van der Waals surface area contributed by atoms with Gasteiger partial charge in [-0.2, -0.15) is 0 Å². The average Bonchev–Trinajstić information content (AvgIpc) is 2.65. The zero-order valence-electron chi connectivity index (χ0n) is 8.81. The summed E-state index contributed by atoms with van der Waals surface area (Å²) >= 11 is 1.62. The van der Waals surface area contributed by atoms with Crippen LogP contribution in [0.3, 0.4) is 0 Å². The lowest BCUT2D eigenvalue weighted by Gasteiger charge is -2.17. The van der Waals surface area contributed by atoms with Crippen LogP contribution in [-0.2, 0) is 0 Å². The molecule has 0 saturated heterocycles. The smallest absolute Gasteiger partial charge is 0.130 e. The molecule has 2 unspecified atom stereocenters. The van der Waals surface area contributed by atoms with Crippen LogP contribution >= 0.6 is 11.8 Å². The number of hydrogen-bond acceptors (Lipinski definition) is 5. The molecule has 1 fully saturated rings. The van der Waals surface area contributed by atoms with Crippen LogP contribution in [-0.4, -0.2) is 28.3 Å². The molecule has 0 amide bonds. The molecule has 1 aliphatic carbocycles. The number of aromatic nitrogens is 2. The summed E-state index contributed by atoms with van der Waals surface area (Å²) in [5.74, 6) is 0.886. The first-order valence-electron chi connectivity index (χ1n) is 5.18. The number of nitrogens with zero attached hydrogens (tertiary/aromatic N) is 2. The van der Waals surface area contributed by atoms with E-state index in [1.165, 1.54) is 6.42 Å². The van der Waals surface area contributed by atoms with Gasteiger partial charge in [0.05, 0.1) is 0 Å². The van der Waals surface area contributed by atoms with Crippen molar-refractivity contribution < 1.29 is 0 Å². The molecule has 4 nitrogen and oxygen atoms in total. The largest absolute Gasteiger partial charge is 0.366 e. The first kappa shape index (κ1) is 10.7. The molecule has 0 aliphatic heterocycles. The van der Waals surface area contributed by atoms with E-state index in [-0.39, 0.29) is 6.04 Å². The molecule has 2 rings (SSSR count). The predicted molar refractivity (Wildman–Crippen MR) is 63.1 cm³/mol. The third-order valence-corrected chi connectivity index (χ3v) is 3.40. The lowest BCUT2D eigenvalue weighted by molar-refractivity contribution is 0.635. The van der Waals surface area contributed by atoms with E-state index in [1.807, 2.05) is 12.3 Å². The van der Waals surface area contributed by atoms with Crippen LogP contribution in [0.2, 0.25) is 0 Å². The highest BCUT2D eigenvalue weighted by molar-refractivity contribution is 7.98. The summed E-state index contributed by atoms with van der Waals surface area (Å²) in [7, 11) is 0. The summed E-state index contributed by atoms with van der Waals surface area (Å²) in [6.45, 7) is 0. The molecule has 1 saturated carbocycles. The molecule has 3 N–H and O–H groups in total. The van der Waals surface area contributed by atoms with E-state index in [9.17, 15) is 0 Å².